The van der Waals surface area contributed by atoms with Crippen molar-refractivity contribution in [3.8, 4) is 11.4 Å². The summed E-state index contributed by atoms with van der Waals surface area (Å²) in [5, 5.41) is 17.6. The van der Waals surface area contributed by atoms with E-state index in [4.69, 9.17) is 4.74 Å². The zero-order chi connectivity index (χ0) is 20.4. The highest BCUT2D eigenvalue weighted by Gasteiger charge is 2.23. The molecule has 0 radical (unpaired) electrons. The van der Waals surface area contributed by atoms with Gasteiger partial charge >= 0.3 is 0 Å². The minimum Gasteiger partial charge on any atom is -0.494 e. The van der Waals surface area contributed by atoms with Crippen LogP contribution in [0.3, 0.4) is 0 Å². The third-order valence-corrected chi connectivity index (χ3v) is 4.81. The van der Waals surface area contributed by atoms with Crippen LogP contribution in [0.25, 0.3) is 5.69 Å². The summed E-state index contributed by atoms with van der Waals surface area (Å²) in [4.78, 5) is 8.63. The van der Waals surface area contributed by atoms with Crippen LogP contribution in [-0.4, -0.2) is 45.7 Å². The van der Waals surface area contributed by atoms with Gasteiger partial charge in [0, 0.05) is 18.8 Å². The van der Waals surface area contributed by atoms with Crippen LogP contribution in [0.2, 0.25) is 0 Å². The van der Waals surface area contributed by atoms with Crippen LogP contribution in [-0.2, 0) is 0 Å². The summed E-state index contributed by atoms with van der Waals surface area (Å²) < 4.78 is 22.2. The fraction of sp³-hybridized carbons (Fsp3) is 0.368. The molecule has 3 aromatic rings. The second-order valence-corrected chi connectivity index (χ2v) is 6.81. The van der Waals surface area contributed by atoms with Gasteiger partial charge in [-0.15, -0.1) is 5.10 Å². The maximum absolute atomic E-state index is 15.4. The summed E-state index contributed by atoms with van der Waals surface area (Å²) in [6.07, 6.45) is 3.80. The van der Waals surface area contributed by atoms with Gasteiger partial charge in [0.25, 0.3) is 0 Å². The van der Waals surface area contributed by atoms with Crippen molar-refractivity contribution in [2.24, 2.45) is 0 Å². The Morgan fingerprint density at radius 1 is 1.31 bits per heavy atom. The first-order chi connectivity index (χ1) is 14.1. The summed E-state index contributed by atoms with van der Waals surface area (Å²) in [6.45, 7) is 2.79. The van der Waals surface area contributed by atoms with Gasteiger partial charge < -0.3 is 20.7 Å². The summed E-state index contributed by atoms with van der Waals surface area (Å²) in [6, 6.07) is 5.19. The maximum atomic E-state index is 15.4. The number of halogens is 1. The monoisotopic (exact) mass is 398 g/mol. The van der Waals surface area contributed by atoms with Gasteiger partial charge in [-0.2, -0.15) is 4.98 Å². The fourth-order valence-electron chi connectivity index (χ4n) is 3.38. The first kappa shape index (κ1) is 19.1. The third-order valence-electron chi connectivity index (χ3n) is 4.81. The summed E-state index contributed by atoms with van der Waals surface area (Å²) in [7, 11) is 3.25. The second kappa shape index (κ2) is 8.00. The molecule has 10 heteroatoms. The molecule has 3 heterocycles. The smallest absolute Gasteiger partial charge is 0.229 e. The number of nitrogens with one attached hydrogen (secondary N) is 3. The van der Waals surface area contributed by atoms with E-state index < -0.39 is 5.82 Å². The molecule has 152 valence electrons. The van der Waals surface area contributed by atoms with E-state index in [0.717, 1.165) is 30.8 Å². The van der Waals surface area contributed by atoms with E-state index in [1.807, 2.05) is 6.92 Å². The molecule has 3 N–H and O–H groups in total. The predicted molar refractivity (Wildman–Crippen MR) is 107 cm³/mol. The number of ether oxygens (including phenoxy) is 1. The van der Waals surface area contributed by atoms with Gasteiger partial charge in [0.15, 0.2) is 5.82 Å². The molecule has 1 aliphatic heterocycles. The largest absolute Gasteiger partial charge is 0.494 e. The highest BCUT2D eigenvalue weighted by atomic mass is 19.1. The Morgan fingerprint density at radius 2 is 2.17 bits per heavy atom. The number of anilines is 3. The standard InChI is InChI=1S/C19H23FN8O/c1-11-9-16(21-2)25-19(23-11)24-13-6-7-15(29-3)18(17(13)20)28-10-14(26-27-28)12-5-4-8-22-12/h6-7,9-10,12,22H,4-5,8H2,1-3H3,(H2,21,23,24,25)/t12-/m0/s1. The SMILES string of the molecule is CNc1cc(C)nc(Nc2ccc(OC)c(-n3cc([C@@H]4CCCN4)nn3)c2F)n1. The molecule has 1 aromatic carbocycles. The Kier molecular flexibility index (Phi) is 5.26. The molecule has 0 bridgehead atoms. The Balaban J connectivity index is 1.70. The highest BCUT2D eigenvalue weighted by Crippen LogP contribution is 2.32. The summed E-state index contributed by atoms with van der Waals surface area (Å²) in [5.41, 5.74) is 1.93. The average Bonchev–Trinajstić information content (AvgIpc) is 3.40. The molecule has 0 unspecified atom stereocenters. The molecule has 0 saturated carbocycles. The quantitative estimate of drug-likeness (QED) is 0.583. The van der Waals surface area contributed by atoms with Gasteiger partial charge in [-0.05, 0) is 38.4 Å². The third kappa shape index (κ3) is 3.83. The molecule has 0 aliphatic carbocycles. The number of hydrogen-bond acceptors (Lipinski definition) is 8. The van der Waals surface area contributed by atoms with Crippen molar-refractivity contribution in [1.29, 1.82) is 0 Å². The lowest BCUT2D eigenvalue weighted by Crippen LogP contribution is -2.13. The lowest BCUT2D eigenvalue weighted by molar-refractivity contribution is 0.407. The number of hydrogen-bond donors (Lipinski definition) is 3. The van der Waals surface area contributed by atoms with Crippen LogP contribution in [0.15, 0.2) is 24.4 Å². The molecule has 1 atom stereocenters. The van der Waals surface area contributed by atoms with Crippen LogP contribution >= 0.6 is 0 Å². The number of benzene rings is 1. The molecule has 1 saturated heterocycles. The van der Waals surface area contributed by atoms with E-state index in [1.165, 1.54) is 11.8 Å². The normalized spacial score (nSPS) is 16.1. The van der Waals surface area contributed by atoms with Gasteiger partial charge in [-0.1, -0.05) is 5.21 Å². The highest BCUT2D eigenvalue weighted by molar-refractivity contribution is 5.64. The van der Waals surface area contributed by atoms with Crippen molar-refractivity contribution < 1.29 is 9.13 Å². The minimum atomic E-state index is -0.531. The van der Waals surface area contributed by atoms with Crippen molar-refractivity contribution in [1.82, 2.24) is 30.3 Å². The lowest BCUT2D eigenvalue weighted by atomic mass is 10.2. The summed E-state index contributed by atoms with van der Waals surface area (Å²) in [5.74, 6) is 0.749. The van der Waals surface area contributed by atoms with Crippen molar-refractivity contribution >= 4 is 17.5 Å². The Bertz CT molecular complexity index is 1020. The van der Waals surface area contributed by atoms with Gasteiger partial charge in [0.2, 0.25) is 5.95 Å². The van der Waals surface area contributed by atoms with E-state index >= 15 is 4.39 Å². The molecule has 1 aliphatic rings. The van der Waals surface area contributed by atoms with E-state index in [2.05, 4.69) is 36.2 Å². The molecular weight excluding hydrogens is 375 g/mol. The van der Waals surface area contributed by atoms with Crippen LogP contribution in [0.1, 0.15) is 30.3 Å². The van der Waals surface area contributed by atoms with Gasteiger partial charge in [0.1, 0.15) is 22.9 Å². The molecule has 2 aromatic heterocycles. The van der Waals surface area contributed by atoms with Crippen LogP contribution < -0.4 is 20.7 Å². The van der Waals surface area contributed by atoms with Crippen molar-refractivity contribution in [3.05, 3.63) is 41.6 Å². The van der Waals surface area contributed by atoms with Crippen LogP contribution in [0, 0.1) is 12.7 Å². The van der Waals surface area contributed by atoms with Crippen LogP contribution in [0.4, 0.5) is 21.8 Å². The molecule has 1 fully saturated rings. The maximum Gasteiger partial charge on any atom is 0.229 e. The topological polar surface area (TPSA) is 102 Å². The first-order valence-electron chi connectivity index (χ1n) is 9.42. The number of rotatable bonds is 6. The fourth-order valence-corrected chi connectivity index (χ4v) is 3.38. The average molecular weight is 398 g/mol. The lowest BCUT2D eigenvalue weighted by Gasteiger charge is -2.14. The Morgan fingerprint density at radius 3 is 2.90 bits per heavy atom. The summed E-state index contributed by atoms with van der Waals surface area (Å²) >= 11 is 0. The van der Waals surface area contributed by atoms with Crippen LogP contribution in [0.5, 0.6) is 5.75 Å². The van der Waals surface area contributed by atoms with E-state index in [-0.39, 0.29) is 17.4 Å². The van der Waals surface area contributed by atoms with Crippen molar-refractivity contribution in [2.75, 3.05) is 31.3 Å². The van der Waals surface area contributed by atoms with Gasteiger partial charge in [-0.3, -0.25) is 0 Å². The zero-order valence-corrected chi connectivity index (χ0v) is 16.5. The minimum absolute atomic E-state index is 0.139. The first-order valence-corrected chi connectivity index (χ1v) is 9.42. The number of aromatic nitrogens is 5. The number of nitrogens with zero attached hydrogens (tertiary/aromatic N) is 5. The second-order valence-electron chi connectivity index (χ2n) is 6.81. The predicted octanol–water partition coefficient (Wildman–Crippen LogP) is 2.72. The van der Waals surface area contributed by atoms with Crippen molar-refractivity contribution in [3.63, 3.8) is 0 Å². The van der Waals surface area contributed by atoms with Gasteiger partial charge in [0.05, 0.1) is 25.0 Å². The van der Waals surface area contributed by atoms with E-state index in [1.54, 1.807) is 31.4 Å². The van der Waals surface area contributed by atoms with Crippen molar-refractivity contribution in [2.45, 2.75) is 25.8 Å². The van der Waals surface area contributed by atoms with Gasteiger partial charge in [-0.25, -0.2) is 14.1 Å². The number of aryl methyl sites for hydroxylation is 1. The molecule has 9 nitrogen and oxygen atoms in total. The molecular formula is C19H23FN8O. The zero-order valence-electron chi connectivity index (χ0n) is 16.5. The molecule has 0 spiro atoms. The van der Waals surface area contributed by atoms with E-state index in [0.29, 0.717) is 17.5 Å². The molecule has 29 heavy (non-hydrogen) atoms. The number of methoxy groups -OCH3 is 1. The van der Waals surface area contributed by atoms with E-state index in [9.17, 15) is 0 Å². The molecule has 4 rings (SSSR count). The Hall–Kier alpha value is -3.27. The molecule has 0 amide bonds. The Labute approximate surface area is 167 Å².